The van der Waals surface area contributed by atoms with E-state index in [-0.39, 0.29) is 0 Å². The molecule has 0 saturated carbocycles. The third-order valence-corrected chi connectivity index (χ3v) is 2.58. The van der Waals surface area contributed by atoms with Crippen LogP contribution in [0.5, 0.6) is 5.75 Å². The number of aliphatic imine (C=N–C) groups is 1. The van der Waals surface area contributed by atoms with E-state index < -0.39 is 0 Å². The fourth-order valence-corrected chi connectivity index (χ4v) is 1.60. The molecule has 0 atom stereocenters. The predicted octanol–water partition coefficient (Wildman–Crippen LogP) is 1.40. The van der Waals surface area contributed by atoms with Gasteiger partial charge in [-0.3, -0.25) is 4.99 Å². The van der Waals surface area contributed by atoms with Crippen LogP contribution in [0.2, 0.25) is 0 Å². The Morgan fingerprint density at radius 1 is 1.32 bits per heavy atom. The standard InChI is InChI=1S/C14H23N3O2/c1-15-14(16-2)17-11-12-6-4-7-13(10-12)19-9-5-8-18-3/h4,6-7,10H,5,8-9,11H2,1-3H3,(H2,15,16,17). The Morgan fingerprint density at radius 3 is 2.84 bits per heavy atom. The number of hydrogen-bond acceptors (Lipinski definition) is 3. The molecule has 0 aliphatic heterocycles. The van der Waals surface area contributed by atoms with Crippen LogP contribution in [0, 0.1) is 0 Å². The van der Waals surface area contributed by atoms with Gasteiger partial charge in [-0.2, -0.15) is 0 Å². The molecule has 1 aromatic rings. The molecule has 0 fully saturated rings. The van der Waals surface area contributed by atoms with Crippen LogP contribution < -0.4 is 15.4 Å². The molecular formula is C14H23N3O2. The lowest BCUT2D eigenvalue weighted by Gasteiger charge is -2.10. The SMILES string of the molecule is CN=C(NC)NCc1cccc(OCCCOC)c1. The molecule has 2 N–H and O–H groups in total. The molecule has 1 aromatic carbocycles. The summed E-state index contributed by atoms with van der Waals surface area (Å²) in [6.07, 6.45) is 0.894. The zero-order valence-electron chi connectivity index (χ0n) is 11.9. The Balaban J connectivity index is 2.43. The number of guanidine groups is 1. The zero-order valence-corrected chi connectivity index (χ0v) is 11.9. The van der Waals surface area contributed by atoms with Crippen molar-refractivity contribution in [2.75, 3.05) is 34.4 Å². The van der Waals surface area contributed by atoms with E-state index in [0.29, 0.717) is 13.2 Å². The summed E-state index contributed by atoms with van der Waals surface area (Å²) in [4.78, 5) is 4.06. The lowest BCUT2D eigenvalue weighted by atomic mass is 10.2. The summed E-state index contributed by atoms with van der Waals surface area (Å²) in [6, 6.07) is 8.04. The van der Waals surface area contributed by atoms with Crippen LogP contribution in [-0.2, 0) is 11.3 Å². The molecule has 0 saturated heterocycles. The van der Waals surface area contributed by atoms with Crippen molar-refractivity contribution in [1.82, 2.24) is 10.6 Å². The summed E-state index contributed by atoms with van der Waals surface area (Å²) in [5.74, 6) is 1.65. The summed E-state index contributed by atoms with van der Waals surface area (Å²) >= 11 is 0. The molecule has 0 unspecified atom stereocenters. The summed E-state index contributed by atoms with van der Waals surface area (Å²) in [5.41, 5.74) is 1.15. The van der Waals surface area contributed by atoms with E-state index >= 15 is 0 Å². The van der Waals surface area contributed by atoms with Gasteiger partial charge in [0, 0.05) is 40.8 Å². The van der Waals surface area contributed by atoms with E-state index in [9.17, 15) is 0 Å². The number of rotatable bonds is 7. The van der Waals surface area contributed by atoms with Gasteiger partial charge in [-0.1, -0.05) is 12.1 Å². The predicted molar refractivity (Wildman–Crippen MR) is 77.7 cm³/mol. The van der Waals surface area contributed by atoms with Gasteiger partial charge in [0.2, 0.25) is 0 Å². The highest BCUT2D eigenvalue weighted by molar-refractivity contribution is 5.79. The van der Waals surface area contributed by atoms with Crippen LogP contribution in [0.3, 0.4) is 0 Å². The number of nitrogens with one attached hydrogen (secondary N) is 2. The molecule has 0 amide bonds. The molecule has 1 rings (SSSR count). The Bertz CT molecular complexity index is 394. The Morgan fingerprint density at radius 2 is 2.16 bits per heavy atom. The quantitative estimate of drug-likeness (QED) is 0.444. The van der Waals surface area contributed by atoms with E-state index in [1.807, 2.05) is 25.2 Å². The summed E-state index contributed by atoms with van der Waals surface area (Å²) in [7, 11) is 5.28. The lowest BCUT2D eigenvalue weighted by Crippen LogP contribution is -2.34. The molecule has 19 heavy (non-hydrogen) atoms. The second-order valence-electron chi connectivity index (χ2n) is 4.02. The maximum atomic E-state index is 5.65. The zero-order chi connectivity index (χ0) is 13.9. The minimum absolute atomic E-state index is 0.670. The lowest BCUT2D eigenvalue weighted by molar-refractivity contribution is 0.172. The Kier molecular flexibility index (Phi) is 7.43. The molecule has 5 nitrogen and oxygen atoms in total. The van der Waals surface area contributed by atoms with Crippen LogP contribution in [-0.4, -0.2) is 40.4 Å². The first kappa shape index (κ1) is 15.3. The third-order valence-electron chi connectivity index (χ3n) is 2.58. The van der Waals surface area contributed by atoms with Crippen molar-refractivity contribution in [3.63, 3.8) is 0 Å². The molecule has 0 aliphatic carbocycles. The van der Waals surface area contributed by atoms with Gasteiger partial charge in [0.25, 0.3) is 0 Å². The van der Waals surface area contributed by atoms with Crippen LogP contribution in [0.4, 0.5) is 0 Å². The first-order valence-electron chi connectivity index (χ1n) is 6.39. The first-order valence-corrected chi connectivity index (χ1v) is 6.39. The summed E-state index contributed by atoms with van der Waals surface area (Å²) in [5, 5.41) is 6.18. The molecule has 0 spiro atoms. The molecule has 5 heteroatoms. The van der Waals surface area contributed by atoms with E-state index in [4.69, 9.17) is 9.47 Å². The number of ether oxygens (including phenoxy) is 2. The number of nitrogens with zero attached hydrogens (tertiary/aromatic N) is 1. The molecule has 0 aliphatic rings. The number of benzene rings is 1. The maximum absolute atomic E-state index is 5.65. The van der Waals surface area contributed by atoms with Gasteiger partial charge >= 0.3 is 0 Å². The van der Waals surface area contributed by atoms with Crippen molar-refractivity contribution >= 4 is 5.96 Å². The minimum Gasteiger partial charge on any atom is -0.493 e. The average molecular weight is 265 g/mol. The van der Waals surface area contributed by atoms with Crippen molar-refractivity contribution in [3.8, 4) is 5.75 Å². The summed E-state index contributed by atoms with van der Waals surface area (Å²) < 4.78 is 10.6. The molecular weight excluding hydrogens is 242 g/mol. The second-order valence-corrected chi connectivity index (χ2v) is 4.02. The molecule has 0 bridgehead atoms. The van der Waals surface area contributed by atoms with Crippen LogP contribution in [0.15, 0.2) is 29.3 Å². The smallest absolute Gasteiger partial charge is 0.190 e. The fraction of sp³-hybridized carbons (Fsp3) is 0.500. The molecule has 106 valence electrons. The van der Waals surface area contributed by atoms with Crippen LogP contribution in [0.25, 0.3) is 0 Å². The van der Waals surface area contributed by atoms with Gasteiger partial charge in [0.15, 0.2) is 5.96 Å². The van der Waals surface area contributed by atoms with E-state index in [1.54, 1.807) is 14.2 Å². The van der Waals surface area contributed by atoms with E-state index in [0.717, 1.165) is 30.3 Å². The highest BCUT2D eigenvalue weighted by Crippen LogP contribution is 2.13. The van der Waals surface area contributed by atoms with Gasteiger partial charge in [-0.25, -0.2) is 0 Å². The molecule has 0 heterocycles. The van der Waals surface area contributed by atoms with Gasteiger partial charge in [-0.05, 0) is 17.7 Å². The Hall–Kier alpha value is -1.75. The van der Waals surface area contributed by atoms with Gasteiger partial charge in [0.1, 0.15) is 5.75 Å². The van der Waals surface area contributed by atoms with Gasteiger partial charge in [-0.15, -0.1) is 0 Å². The average Bonchev–Trinajstić information content (AvgIpc) is 2.45. The van der Waals surface area contributed by atoms with E-state index in [2.05, 4.69) is 21.7 Å². The highest BCUT2D eigenvalue weighted by atomic mass is 16.5. The van der Waals surface area contributed by atoms with E-state index in [1.165, 1.54) is 0 Å². The van der Waals surface area contributed by atoms with Crippen molar-refractivity contribution in [3.05, 3.63) is 29.8 Å². The van der Waals surface area contributed by atoms with Crippen molar-refractivity contribution in [1.29, 1.82) is 0 Å². The maximum Gasteiger partial charge on any atom is 0.190 e. The number of methoxy groups -OCH3 is 1. The normalized spacial score (nSPS) is 11.2. The highest BCUT2D eigenvalue weighted by Gasteiger charge is 1.99. The topological polar surface area (TPSA) is 54.9 Å². The van der Waals surface area contributed by atoms with Gasteiger partial charge in [0.05, 0.1) is 6.61 Å². The van der Waals surface area contributed by atoms with Crippen molar-refractivity contribution in [2.45, 2.75) is 13.0 Å². The fourth-order valence-electron chi connectivity index (χ4n) is 1.60. The summed E-state index contributed by atoms with van der Waals surface area (Å²) in [6.45, 7) is 2.10. The monoisotopic (exact) mass is 265 g/mol. The van der Waals surface area contributed by atoms with Crippen LogP contribution >= 0.6 is 0 Å². The number of hydrogen-bond donors (Lipinski definition) is 2. The largest absolute Gasteiger partial charge is 0.493 e. The van der Waals surface area contributed by atoms with Crippen molar-refractivity contribution < 1.29 is 9.47 Å². The van der Waals surface area contributed by atoms with Crippen molar-refractivity contribution in [2.24, 2.45) is 4.99 Å². The Labute approximate surface area is 115 Å². The van der Waals surface area contributed by atoms with Gasteiger partial charge < -0.3 is 20.1 Å². The third kappa shape index (κ3) is 6.10. The van der Waals surface area contributed by atoms with Crippen LogP contribution in [0.1, 0.15) is 12.0 Å². The molecule has 0 aromatic heterocycles. The second kappa shape index (κ2) is 9.22. The first-order chi connectivity index (χ1) is 9.30. The minimum atomic E-state index is 0.670. The molecule has 0 radical (unpaired) electrons.